The normalized spacial score (nSPS) is 14.9. The number of carboxylic acid groups (broad SMARTS) is 1. The Morgan fingerprint density at radius 1 is 0.902 bits per heavy atom. The van der Waals surface area contributed by atoms with Crippen molar-refractivity contribution in [1.29, 1.82) is 0 Å². The highest BCUT2D eigenvalue weighted by Crippen LogP contribution is 2.34. The third kappa shape index (κ3) is 5.34. The summed E-state index contributed by atoms with van der Waals surface area (Å²) < 4.78 is 56.5. The first-order valence-electron chi connectivity index (χ1n) is 13.2. The minimum atomic E-state index is -4.15. The topological polar surface area (TPSA) is 130 Å². The summed E-state index contributed by atoms with van der Waals surface area (Å²) in [6.07, 6.45) is 1.99. The lowest BCUT2D eigenvalue weighted by Gasteiger charge is -2.33. The molecule has 0 bridgehead atoms. The van der Waals surface area contributed by atoms with Gasteiger partial charge in [-0.05, 0) is 81.1 Å². The predicted molar refractivity (Wildman–Crippen MR) is 156 cm³/mol. The molecule has 3 heterocycles. The number of benzene rings is 2. The van der Waals surface area contributed by atoms with Crippen LogP contribution in [0.4, 0.5) is 4.79 Å². The molecule has 1 fully saturated rings. The van der Waals surface area contributed by atoms with Crippen molar-refractivity contribution in [3.63, 3.8) is 0 Å². The summed E-state index contributed by atoms with van der Waals surface area (Å²) >= 11 is 0. The Morgan fingerprint density at radius 3 is 2.10 bits per heavy atom. The molecule has 1 aliphatic rings. The molecule has 4 aromatic rings. The number of hydrogen-bond acceptors (Lipinski definition) is 6. The summed E-state index contributed by atoms with van der Waals surface area (Å²) in [4.78, 5) is 18.0. The number of pyridine rings is 1. The smallest absolute Gasteiger partial charge is 0.408 e. The summed E-state index contributed by atoms with van der Waals surface area (Å²) in [6, 6.07) is 17.8. The standard InChI is InChI=1S/C29H32N4O6S2/c1-29(2,3)32(28(34)35)20-22-19-26-25(21-11-13-24(14-12-21)40(36,37)31-17-7-8-18-31)15-16-30-27(26)33(22)41(38,39)23-9-5-4-6-10-23/h4-6,9-16,19H,7-8,17-18,20H2,1-3H3,(H,34,35). The fourth-order valence-corrected chi connectivity index (χ4v) is 8.11. The van der Waals surface area contributed by atoms with Crippen LogP contribution >= 0.6 is 0 Å². The fourth-order valence-electron chi connectivity index (χ4n) is 5.09. The van der Waals surface area contributed by atoms with E-state index in [2.05, 4.69) is 4.98 Å². The molecule has 0 radical (unpaired) electrons. The van der Waals surface area contributed by atoms with Crippen LogP contribution in [0.15, 0.2) is 82.7 Å². The number of nitrogens with zero attached hydrogens (tertiary/aromatic N) is 4. The SMILES string of the molecule is CC(C)(C)N(Cc1cc2c(-c3ccc(S(=O)(=O)N4CCCC4)cc3)ccnc2n1S(=O)(=O)c1ccccc1)C(=O)O. The molecule has 0 unspecified atom stereocenters. The second kappa shape index (κ2) is 10.6. The Hall–Kier alpha value is -3.74. The lowest BCUT2D eigenvalue weighted by molar-refractivity contribution is 0.0946. The highest BCUT2D eigenvalue weighted by molar-refractivity contribution is 7.90. The van der Waals surface area contributed by atoms with Crippen molar-refractivity contribution < 1.29 is 26.7 Å². The van der Waals surface area contributed by atoms with Gasteiger partial charge in [-0.15, -0.1) is 0 Å². The van der Waals surface area contributed by atoms with Gasteiger partial charge in [0, 0.05) is 30.2 Å². The van der Waals surface area contributed by atoms with E-state index in [4.69, 9.17) is 0 Å². The van der Waals surface area contributed by atoms with Crippen LogP contribution in [-0.2, 0) is 26.6 Å². The molecule has 1 saturated heterocycles. The number of amides is 1. The molecular formula is C29H32N4O6S2. The maximum absolute atomic E-state index is 13.9. The van der Waals surface area contributed by atoms with Gasteiger partial charge in [-0.3, -0.25) is 4.90 Å². The zero-order chi connectivity index (χ0) is 29.6. The van der Waals surface area contributed by atoms with Crippen molar-refractivity contribution in [2.75, 3.05) is 13.1 Å². The van der Waals surface area contributed by atoms with Crippen LogP contribution in [0.3, 0.4) is 0 Å². The van der Waals surface area contributed by atoms with Gasteiger partial charge >= 0.3 is 6.09 Å². The van der Waals surface area contributed by atoms with Gasteiger partial charge in [0.2, 0.25) is 10.0 Å². The first-order valence-corrected chi connectivity index (χ1v) is 16.1. The fraction of sp³-hybridized carbons (Fsp3) is 0.310. The molecule has 12 heteroatoms. The molecule has 0 spiro atoms. The average Bonchev–Trinajstić information content (AvgIpc) is 3.60. The van der Waals surface area contributed by atoms with Crippen LogP contribution in [-0.4, -0.2) is 64.8 Å². The largest absolute Gasteiger partial charge is 0.465 e. The van der Waals surface area contributed by atoms with Gasteiger partial charge in [0.1, 0.15) is 0 Å². The second-order valence-corrected chi connectivity index (χ2v) is 14.7. The van der Waals surface area contributed by atoms with Gasteiger partial charge in [0.15, 0.2) is 5.65 Å². The molecule has 41 heavy (non-hydrogen) atoms. The number of fused-ring (bicyclic) bond motifs is 1. The molecule has 1 amide bonds. The molecule has 1 aliphatic heterocycles. The van der Waals surface area contributed by atoms with Gasteiger partial charge in [-0.1, -0.05) is 30.3 Å². The Labute approximate surface area is 240 Å². The predicted octanol–water partition coefficient (Wildman–Crippen LogP) is 5.00. The molecular weight excluding hydrogens is 564 g/mol. The van der Waals surface area contributed by atoms with E-state index in [1.54, 1.807) is 75.4 Å². The molecule has 5 rings (SSSR count). The van der Waals surface area contributed by atoms with E-state index >= 15 is 0 Å². The molecule has 2 aromatic heterocycles. The minimum absolute atomic E-state index is 0.0417. The quantitative estimate of drug-likeness (QED) is 0.318. The summed E-state index contributed by atoms with van der Waals surface area (Å²) in [6.45, 7) is 6.02. The van der Waals surface area contributed by atoms with E-state index in [-0.39, 0.29) is 27.7 Å². The van der Waals surface area contributed by atoms with E-state index in [0.29, 0.717) is 29.6 Å². The van der Waals surface area contributed by atoms with Crippen molar-refractivity contribution in [3.8, 4) is 11.1 Å². The molecule has 0 atom stereocenters. The van der Waals surface area contributed by atoms with Gasteiger partial charge in [-0.25, -0.2) is 30.6 Å². The van der Waals surface area contributed by atoms with Crippen LogP contribution in [0.2, 0.25) is 0 Å². The van der Waals surface area contributed by atoms with E-state index in [1.807, 2.05) is 0 Å². The molecule has 0 saturated carbocycles. The van der Waals surface area contributed by atoms with Gasteiger partial charge in [0.25, 0.3) is 10.0 Å². The highest BCUT2D eigenvalue weighted by Gasteiger charge is 2.32. The third-order valence-electron chi connectivity index (χ3n) is 7.24. The molecule has 0 aliphatic carbocycles. The van der Waals surface area contributed by atoms with Crippen molar-refractivity contribution in [1.82, 2.24) is 18.2 Å². The summed E-state index contributed by atoms with van der Waals surface area (Å²) in [5, 5.41) is 10.5. The van der Waals surface area contributed by atoms with Crippen molar-refractivity contribution in [3.05, 3.63) is 78.6 Å². The number of hydrogen-bond donors (Lipinski definition) is 1. The van der Waals surface area contributed by atoms with Gasteiger partial charge in [-0.2, -0.15) is 4.31 Å². The Balaban J connectivity index is 1.67. The van der Waals surface area contributed by atoms with Crippen LogP contribution in [0.25, 0.3) is 22.2 Å². The molecule has 10 nitrogen and oxygen atoms in total. The maximum atomic E-state index is 13.9. The number of rotatable bonds is 7. The Morgan fingerprint density at radius 2 is 1.51 bits per heavy atom. The lowest BCUT2D eigenvalue weighted by Crippen LogP contribution is -2.44. The first-order chi connectivity index (χ1) is 19.3. The van der Waals surface area contributed by atoms with E-state index in [1.165, 1.54) is 27.5 Å². The third-order valence-corrected chi connectivity index (χ3v) is 10.9. The zero-order valence-electron chi connectivity index (χ0n) is 23.1. The number of carbonyl (C=O) groups is 1. The van der Waals surface area contributed by atoms with E-state index < -0.39 is 31.7 Å². The number of aromatic nitrogens is 2. The first kappa shape index (κ1) is 28.8. The van der Waals surface area contributed by atoms with Crippen molar-refractivity contribution in [2.24, 2.45) is 0 Å². The average molecular weight is 597 g/mol. The number of sulfonamides is 1. The molecule has 216 valence electrons. The lowest BCUT2D eigenvalue weighted by atomic mass is 10.0. The Bertz CT molecular complexity index is 1800. The van der Waals surface area contributed by atoms with Crippen LogP contribution in [0, 0.1) is 0 Å². The summed E-state index contributed by atoms with van der Waals surface area (Å²) in [5.41, 5.74) is 0.880. The summed E-state index contributed by atoms with van der Waals surface area (Å²) in [5.74, 6) is 0. The zero-order valence-corrected chi connectivity index (χ0v) is 24.7. The van der Waals surface area contributed by atoms with Crippen LogP contribution < -0.4 is 0 Å². The van der Waals surface area contributed by atoms with Crippen LogP contribution in [0.1, 0.15) is 39.3 Å². The molecule has 1 N–H and O–H groups in total. The van der Waals surface area contributed by atoms with Crippen molar-refractivity contribution >= 4 is 37.2 Å². The van der Waals surface area contributed by atoms with Gasteiger partial charge < -0.3 is 5.11 Å². The van der Waals surface area contributed by atoms with Gasteiger partial charge in [0.05, 0.1) is 22.0 Å². The van der Waals surface area contributed by atoms with E-state index in [9.17, 15) is 26.7 Å². The molecule has 2 aromatic carbocycles. The van der Waals surface area contributed by atoms with Crippen LogP contribution in [0.5, 0.6) is 0 Å². The van der Waals surface area contributed by atoms with Crippen molar-refractivity contribution in [2.45, 2.75) is 55.5 Å². The highest BCUT2D eigenvalue weighted by atomic mass is 32.2. The maximum Gasteiger partial charge on any atom is 0.408 e. The summed E-state index contributed by atoms with van der Waals surface area (Å²) in [7, 11) is -7.75. The van der Waals surface area contributed by atoms with E-state index in [0.717, 1.165) is 16.8 Å². The second-order valence-electron chi connectivity index (χ2n) is 11.0. The monoisotopic (exact) mass is 596 g/mol. The minimum Gasteiger partial charge on any atom is -0.465 e. The Kier molecular flexibility index (Phi) is 7.43.